The SMILES string of the molecule is O=C(O)C1CC=C(c2c[nH]c3cccc(O)c23)CC1. The first kappa shape index (κ1) is 11.8. The van der Waals surface area contributed by atoms with Crippen LogP contribution in [0.25, 0.3) is 16.5 Å². The number of rotatable bonds is 2. The Bertz CT molecular complexity index is 669. The standard InChI is InChI=1S/C15H15NO3/c17-13-3-1-2-12-14(13)11(8-16-12)9-4-6-10(7-5-9)15(18)19/h1-4,8,10,16-17H,5-7H2,(H,18,19). The average Bonchev–Trinajstić information content (AvgIpc) is 2.84. The van der Waals surface area contributed by atoms with Gasteiger partial charge < -0.3 is 15.2 Å². The van der Waals surface area contributed by atoms with E-state index in [1.807, 2.05) is 18.3 Å². The predicted molar refractivity (Wildman–Crippen MR) is 72.9 cm³/mol. The summed E-state index contributed by atoms with van der Waals surface area (Å²) in [4.78, 5) is 14.1. The molecule has 1 aromatic heterocycles. The van der Waals surface area contributed by atoms with Crippen molar-refractivity contribution in [2.45, 2.75) is 19.3 Å². The Balaban J connectivity index is 2.00. The van der Waals surface area contributed by atoms with E-state index in [0.717, 1.165) is 28.5 Å². The number of aromatic amines is 1. The van der Waals surface area contributed by atoms with E-state index in [-0.39, 0.29) is 11.7 Å². The summed E-state index contributed by atoms with van der Waals surface area (Å²) in [6, 6.07) is 5.39. The third-order valence-corrected chi connectivity index (χ3v) is 3.79. The average molecular weight is 257 g/mol. The molecule has 1 unspecified atom stereocenters. The molecule has 98 valence electrons. The number of carboxylic acids is 1. The van der Waals surface area contributed by atoms with Gasteiger partial charge in [-0.25, -0.2) is 0 Å². The van der Waals surface area contributed by atoms with Gasteiger partial charge in [0, 0.05) is 22.7 Å². The molecule has 19 heavy (non-hydrogen) atoms. The quantitative estimate of drug-likeness (QED) is 0.773. The Labute approximate surface area is 110 Å². The molecule has 1 heterocycles. The van der Waals surface area contributed by atoms with Gasteiger partial charge in [-0.1, -0.05) is 12.1 Å². The van der Waals surface area contributed by atoms with Crippen LogP contribution in [0, 0.1) is 5.92 Å². The molecule has 3 rings (SSSR count). The van der Waals surface area contributed by atoms with E-state index in [1.165, 1.54) is 0 Å². The number of hydrogen-bond acceptors (Lipinski definition) is 2. The lowest BCUT2D eigenvalue weighted by Gasteiger charge is -2.18. The van der Waals surface area contributed by atoms with Crippen molar-refractivity contribution in [1.82, 2.24) is 4.98 Å². The number of nitrogens with one attached hydrogen (secondary N) is 1. The topological polar surface area (TPSA) is 73.3 Å². The highest BCUT2D eigenvalue weighted by molar-refractivity contribution is 5.97. The summed E-state index contributed by atoms with van der Waals surface area (Å²) in [7, 11) is 0. The van der Waals surface area contributed by atoms with E-state index in [2.05, 4.69) is 4.98 Å². The number of benzene rings is 1. The lowest BCUT2D eigenvalue weighted by atomic mass is 9.86. The number of aliphatic carboxylic acids is 1. The Kier molecular flexibility index (Phi) is 2.78. The molecule has 1 aromatic carbocycles. The number of allylic oxidation sites excluding steroid dienone is 2. The predicted octanol–water partition coefficient (Wildman–Crippen LogP) is 3.14. The maximum atomic E-state index is 10.9. The van der Waals surface area contributed by atoms with Crippen molar-refractivity contribution in [2.24, 2.45) is 5.92 Å². The van der Waals surface area contributed by atoms with E-state index in [1.54, 1.807) is 12.1 Å². The van der Waals surface area contributed by atoms with E-state index in [9.17, 15) is 9.90 Å². The number of H-pyrrole nitrogens is 1. The molecule has 2 aromatic rings. The molecule has 0 saturated heterocycles. The second-order valence-electron chi connectivity index (χ2n) is 4.94. The molecule has 0 bridgehead atoms. The highest BCUT2D eigenvalue weighted by atomic mass is 16.4. The summed E-state index contributed by atoms with van der Waals surface area (Å²) in [5.41, 5.74) is 3.00. The molecule has 0 saturated carbocycles. The fourth-order valence-corrected chi connectivity index (χ4v) is 2.72. The highest BCUT2D eigenvalue weighted by Crippen LogP contribution is 2.37. The number of hydrogen-bond donors (Lipinski definition) is 3. The van der Waals surface area contributed by atoms with Gasteiger partial charge in [-0.2, -0.15) is 0 Å². The molecule has 0 radical (unpaired) electrons. The van der Waals surface area contributed by atoms with E-state index >= 15 is 0 Å². The highest BCUT2D eigenvalue weighted by Gasteiger charge is 2.22. The molecule has 3 N–H and O–H groups in total. The molecule has 4 nitrogen and oxygen atoms in total. The number of fused-ring (bicyclic) bond motifs is 1. The van der Waals surface area contributed by atoms with E-state index < -0.39 is 5.97 Å². The lowest BCUT2D eigenvalue weighted by Crippen LogP contribution is -2.15. The van der Waals surface area contributed by atoms with Gasteiger partial charge in [0.05, 0.1) is 5.92 Å². The van der Waals surface area contributed by atoms with Gasteiger partial charge >= 0.3 is 5.97 Å². The number of phenols is 1. The zero-order chi connectivity index (χ0) is 13.4. The van der Waals surface area contributed by atoms with Gasteiger partial charge in [-0.3, -0.25) is 4.79 Å². The van der Waals surface area contributed by atoms with Crippen LogP contribution in [0.15, 0.2) is 30.5 Å². The molecule has 0 spiro atoms. The molecular weight excluding hydrogens is 242 g/mol. The van der Waals surface area contributed by atoms with E-state index in [0.29, 0.717) is 12.8 Å². The van der Waals surface area contributed by atoms with Crippen molar-refractivity contribution in [2.75, 3.05) is 0 Å². The third-order valence-electron chi connectivity index (χ3n) is 3.79. The van der Waals surface area contributed by atoms with Gasteiger partial charge in [-0.05, 0) is 37.0 Å². The largest absolute Gasteiger partial charge is 0.507 e. The summed E-state index contributed by atoms with van der Waals surface area (Å²) < 4.78 is 0. The molecular formula is C15H15NO3. The van der Waals surface area contributed by atoms with Crippen molar-refractivity contribution < 1.29 is 15.0 Å². The lowest BCUT2D eigenvalue weighted by molar-refractivity contribution is -0.141. The van der Waals surface area contributed by atoms with Crippen LogP contribution in [-0.4, -0.2) is 21.2 Å². The summed E-state index contributed by atoms with van der Waals surface area (Å²) in [5.74, 6) is -0.741. The summed E-state index contributed by atoms with van der Waals surface area (Å²) in [6.45, 7) is 0. The Morgan fingerprint density at radius 1 is 1.37 bits per heavy atom. The van der Waals surface area contributed by atoms with Crippen molar-refractivity contribution >= 4 is 22.4 Å². The Morgan fingerprint density at radius 3 is 2.89 bits per heavy atom. The molecule has 1 aliphatic carbocycles. The van der Waals surface area contributed by atoms with Crippen LogP contribution in [0.1, 0.15) is 24.8 Å². The second-order valence-corrected chi connectivity index (χ2v) is 4.94. The Morgan fingerprint density at radius 2 is 2.21 bits per heavy atom. The number of carbonyl (C=O) groups is 1. The Hall–Kier alpha value is -2.23. The van der Waals surface area contributed by atoms with Crippen molar-refractivity contribution in [3.63, 3.8) is 0 Å². The van der Waals surface area contributed by atoms with Crippen molar-refractivity contribution in [3.05, 3.63) is 36.0 Å². The first-order chi connectivity index (χ1) is 9.16. The van der Waals surface area contributed by atoms with Gasteiger partial charge in [0.25, 0.3) is 0 Å². The molecule has 0 fully saturated rings. The van der Waals surface area contributed by atoms with Gasteiger partial charge in [0.1, 0.15) is 5.75 Å². The van der Waals surface area contributed by atoms with Gasteiger partial charge in [0.15, 0.2) is 0 Å². The molecule has 1 atom stereocenters. The summed E-state index contributed by atoms with van der Waals surface area (Å²) in [5, 5.41) is 19.8. The van der Waals surface area contributed by atoms with Crippen LogP contribution in [0.4, 0.5) is 0 Å². The van der Waals surface area contributed by atoms with Crippen LogP contribution in [0.3, 0.4) is 0 Å². The van der Waals surface area contributed by atoms with Crippen LogP contribution in [0.5, 0.6) is 5.75 Å². The smallest absolute Gasteiger partial charge is 0.306 e. The molecule has 0 aliphatic heterocycles. The molecule has 4 heteroatoms. The first-order valence-corrected chi connectivity index (χ1v) is 6.38. The maximum Gasteiger partial charge on any atom is 0.306 e. The molecule has 1 aliphatic rings. The van der Waals surface area contributed by atoms with Crippen LogP contribution in [-0.2, 0) is 4.79 Å². The minimum atomic E-state index is -0.725. The number of aromatic nitrogens is 1. The minimum Gasteiger partial charge on any atom is -0.507 e. The maximum absolute atomic E-state index is 10.9. The summed E-state index contributed by atoms with van der Waals surface area (Å²) in [6.07, 6.45) is 5.82. The first-order valence-electron chi connectivity index (χ1n) is 6.38. The van der Waals surface area contributed by atoms with E-state index in [4.69, 9.17) is 5.11 Å². The van der Waals surface area contributed by atoms with Crippen molar-refractivity contribution in [1.29, 1.82) is 0 Å². The van der Waals surface area contributed by atoms with Gasteiger partial charge in [0.2, 0.25) is 0 Å². The van der Waals surface area contributed by atoms with Crippen LogP contribution in [0.2, 0.25) is 0 Å². The van der Waals surface area contributed by atoms with Gasteiger partial charge in [-0.15, -0.1) is 0 Å². The number of aromatic hydroxyl groups is 1. The fraction of sp³-hybridized carbons (Fsp3) is 0.267. The fourth-order valence-electron chi connectivity index (χ4n) is 2.72. The monoisotopic (exact) mass is 257 g/mol. The number of phenolic OH excluding ortho intramolecular Hbond substituents is 1. The number of carboxylic acid groups (broad SMARTS) is 1. The molecule has 0 amide bonds. The van der Waals surface area contributed by atoms with Crippen molar-refractivity contribution in [3.8, 4) is 5.75 Å². The normalized spacial score (nSPS) is 19.4. The zero-order valence-corrected chi connectivity index (χ0v) is 10.4. The van der Waals surface area contributed by atoms with Crippen LogP contribution < -0.4 is 0 Å². The van der Waals surface area contributed by atoms with Crippen LogP contribution >= 0.6 is 0 Å². The summed E-state index contributed by atoms with van der Waals surface area (Å²) >= 11 is 0. The minimum absolute atomic E-state index is 0.259. The second kappa shape index (κ2) is 4.46. The third kappa shape index (κ3) is 1.99. The zero-order valence-electron chi connectivity index (χ0n) is 10.4.